The summed E-state index contributed by atoms with van der Waals surface area (Å²) in [6, 6.07) is 13.8. The zero-order valence-corrected chi connectivity index (χ0v) is 21.2. The Morgan fingerprint density at radius 1 is 1.06 bits per heavy atom. The lowest BCUT2D eigenvalue weighted by atomic mass is 10.1. The van der Waals surface area contributed by atoms with Crippen LogP contribution in [-0.2, 0) is 26.2 Å². The zero-order chi connectivity index (χ0) is 25.4. The molecule has 1 heterocycles. The van der Waals surface area contributed by atoms with Crippen molar-refractivity contribution in [2.24, 2.45) is 0 Å². The van der Waals surface area contributed by atoms with E-state index < -0.39 is 16.1 Å². The van der Waals surface area contributed by atoms with Gasteiger partial charge in [-0.2, -0.15) is 0 Å². The molecule has 2 aromatic rings. The van der Waals surface area contributed by atoms with Crippen molar-refractivity contribution in [3.05, 3.63) is 54.1 Å². The molecule has 0 saturated carbocycles. The van der Waals surface area contributed by atoms with Crippen molar-refractivity contribution in [1.29, 1.82) is 0 Å². The summed E-state index contributed by atoms with van der Waals surface area (Å²) in [7, 11) is -3.60. The first kappa shape index (κ1) is 26.3. The van der Waals surface area contributed by atoms with Gasteiger partial charge in [0.05, 0.1) is 11.9 Å². The van der Waals surface area contributed by atoms with Gasteiger partial charge in [-0.05, 0) is 38.0 Å². The van der Waals surface area contributed by atoms with Crippen molar-refractivity contribution in [2.45, 2.75) is 39.3 Å². The van der Waals surface area contributed by atoms with Gasteiger partial charge < -0.3 is 19.7 Å². The highest BCUT2D eigenvalue weighted by Crippen LogP contribution is 2.34. The highest BCUT2D eigenvalue weighted by molar-refractivity contribution is 7.92. The van der Waals surface area contributed by atoms with Gasteiger partial charge >= 0.3 is 0 Å². The van der Waals surface area contributed by atoms with Crippen LogP contribution in [0.15, 0.2) is 48.5 Å². The number of carbonyl (C=O) groups excluding carboxylic acids is 2. The van der Waals surface area contributed by atoms with E-state index in [0.717, 1.165) is 11.8 Å². The molecule has 1 N–H and O–H groups in total. The van der Waals surface area contributed by atoms with Crippen LogP contribution in [-0.4, -0.2) is 63.7 Å². The number of nitrogens with zero attached hydrogens (tertiary/aromatic N) is 2. The lowest BCUT2D eigenvalue weighted by molar-refractivity contribution is -0.140. The molecule has 10 heteroatoms. The average Bonchev–Trinajstić information content (AvgIpc) is 2.84. The second-order valence-electron chi connectivity index (χ2n) is 8.34. The van der Waals surface area contributed by atoms with Gasteiger partial charge in [0.15, 0.2) is 11.5 Å². The van der Waals surface area contributed by atoms with Crippen LogP contribution >= 0.6 is 0 Å². The minimum atomic E-state index is -3.60. The number of sulfonamides is 1. The summed E-state index contributed by atoms with van der Waals surface area (Å²) in [6.07, 6.45) is 1.51. The van der Waals surface area contributed by atoms with Crippen LogP contribution in [0.1, 0.15) is 32.3 Å². The largest absolute Gasteiger partial charge is 0.486 e. The number of hydrogen-bond acceptors (Lipinski definition) is 6. The number of amides is 2. The van der Waals surface area contributed by atoms with Crippen molar-refractivity contribution in [1.82, 2.24) is 10.2 Å². The van der Waals surface area contributed by atoms with E-state index in [2.05, 4.69) is 5.32 Å². The Hall–Kier alpha value is -3.27. The van der Waals surface area contributed by atoms with E-state index in [-0.39, 0.29) is 37.7 Å². The van der Waals surface area contributed by atoms with Crippen LogP contribution in [0.5, 0.6) is 11.5 Å². The Balaban J connectivity index is 1.71. The van der Waals surface area contributed by atoms with Crippen LogP contribution in [0.4, 0.5) is 5.69 Å². The summed E-state index contributed by atoms with van der Waals surface area (Å²) in [5.74, 6) is 0.608. The number of benzene rings is 2. The fourth-order valence-corrected chi connectivity index (χ4v) is 4.83. The van der Waals surface area contributed by atoms with E-state index in [1.165, 1.54) is 9.21 Å². The second kappa shape index (κ2) is 11.9. The summed E-state index contributed by atoms with van der Waals surface area (Å²) < 4.78 is 37.4. The molecular formula is C25H33N3O6S. The number of carbonyl (C=O) groups is 2. The van der Waals surface area contributed by atoms with Crippen LogP contribution in [0.3, 0.4) is 0 Å². The molecule has 0 aliphatic carbocycles. The molecular weight excluding hydrogens is 470 g/mol. The minimum absolute atomic E-state index is 0.0904. The number of rotatable bonds is 11. The number of hydrogen-bond donors (Lipinski definition) is 1. The molecule has 0 saturated heterocycles. The molecule has 1 aliphatic rings. The quantitative estimate of drug-likeness (QED) is 0.505. The van der Waals surface area contributed by atoms with E-state index >= 15 is 0 Å². The number of ether oxygens (including phenoxy) is 2. The van der Waals surface area contributed by atoms with E-state index in [1.54, 1.807) is 25.1 Å². The smallest absolute Gasteiger partial charge is 0.242 e. The topological polar surface area (TPSA) is 105 Å². The fourth-order valence-electron chi connectivity index (χ4n) is 3.88. The van der Waals surface area contributed by atoms with Crippen LogP contribution in [0, 0.1) is 0 Å². The van der Waals surface area contributed by atoms with Crippen molar-refractivity contribution in [3.63, 3.8) is 0 Å². The number of anilines is 1. The predicted molar refractivity (Wildman–Crippen MR) is 134 cm³/mol. The fraction of sp³-hybridized carbons (Fsp3) is 0.440. The van der Waals surface area contributed by atoms with Gasteiger partial charge in [0.1, 0.15) is 19.3 Å². The van der Waals surface area contributed by atoms with Crippen LogP contribution < -0.4 is 19.1 Å². The van der Waals surface area contributed by atoms with E-state index in [4.69, 9.17) is 9.47 Å². The molecule has 0 unspecified atom stereocenters. The van der Waals surface area contributed by atoms with Gasteiger partial charge in [0, 0.05) is 32.1 Å². The van der Waals surface area contributed by atoms with Crippen molar-refractivity contribution in [2.75, 3.05) is 36.9 Å². The first-order valence-corrected chi connectivity index (χ1v) is 13.5. The van der Waals surface area contributed by atoms with Crippen LogP contribution in [0.2, 0.25) is 0 Å². The molecule has 1 atom stereocenters. The second-order valence-corrected chi connectivity index (χ2v) is 10.3. The molecule has 0 radical (unpaired) electrons. The summed E-state index contributed by atoms with van der Waals surface area (Å²) >= 11 is 0. The van der Waals surface area contributed by atoms with E-state index in [1.807, 2.05) is 37.3 Å². The minimum Gasteiger partial charge on any atom is -0.486 e. The van der Waals surface area contributed by atoms with Gasteiger partial charge in [-0.3, -0.25) is 13.9 Å². The lowest BCUT2D eigenvalue weighted by Gasteiger charge is -2.29. The predicted octanol–water partition coefficient (Wildman–Crippen LogP) is 2.56. The number of likely N-dealkylation sites (N-methyl/N-ethyl adjacent to an activating group) is 1. The summed E-state index contributed by atoms with van der Waals surface area (Å²) in [6.45, 7) is 5.23. The standard InChI is InChI=1S/C25H33N3O6S/c1-4-26-25(30)19(2)27(18-20-9-6-5-7-10-20)24(29)11-8-14-28(35(3,31)32)21-12-13-22-23(17-21)34-16-15-33-22/h5-7,9-10,12-13,17,19H,4,8,11,14-16,18H2,1-3H3,(H,26,30)/t19-/m0/s1. The van der Waals surface area contributed by atoms with Crippen molar-refractivity contribution < 1.29 is 27.5 Å². The van der Waals surface area contributed by atoms with Crippen molar-refractivity contribution in [3.8, 4) is 11.5 Å². The third-order valence-electron chi connectivity index (χ3n) is 5.68. The van der Waals surface area contributed by atoms with Crippen molar-refractivity contribution >= 4 is 27.5 Å². The molecule has 1 aliphatic heterocycles. The lowest BCUT2D eigenvalue weighted by Crippen LogP contribution is -2.47. The van der Waals surface area contributed by atoms with Crippen LogP contribution in [0.25, 0.3) is 0 Å². The Bertz CT molecular complexity index is 1120. The van der Waals surface area contributed by atoms with E-state index in [0.29, 0.717) is 36.9 Å². The Kier molecular flexibility index (Phi) is 8.97. The average molecular weight is 504 g/mol. The third-order valence-corrected chi connectivity index (χ3v) is 6.87. The first-order chi connectivity index (χ1) is 16.7. The highest BCUT2D eigenvalue weighted by atomic mass is 32.2. The van der Waals surface area contributed by atoms with Gasteiger partial charge in [0.2, 0.25) is 21.8 Å². The Morgan fingerprint density at radius 3 is 2.40 bits per heavy atom. The van der Waals surface area contributed by atoms with Gasteiger partial charge in [0.25, 0.3) is 0 Å². The molecule has 2 aromatic carbocycles. The number of nitrogens with one attached hydrogen (secondary N) is 1. The monoisotopic (exact) mass is 503 g/mol. The molecule has 190 valence electrons. The Labute approximate surface area is 207 Å². The normalized spacial score (nSPS) is 13.6. The molecule has 0 aromatic heterocycles. The van der Waals surface area contributed by atoms with E-state index in [9.17, 15) is 18.0 Å². The highest BCUT2D eigenvalue weighted by Gasteiger charge is 2.26. The zero-order valence-electron chi connectivity index (χ0n) is 20.4. The SMILES string of the molecule is CCNC(=O)[C@H](C)N(Cc1ccccc1)C(=O)CCCN(c1ccc2c(c1)OCCO2)S(C)(=O)=O. The molecule has 3 rings (SSSR count). The third kappa shape index (κ3) is 7.11. The summed E-state index contributed by atoms with van der Waals surface area (Å²) in [5.41, 5.74) is 1.35. The Morgan fingerprint density at radius 2 is 1.74 bits per heavy atom. The maximum atomic E-state index is 13.2. The molecule has 9 nitrogen and oxygen atoms in total. The summed E-state index contributed by atoms with van der Waals surface area (Å²) in [4.78, 5) is 27.2. The molecule has 35 heavy (non-hydrogen) atoms. The first-order valence-electron chi connectivity index (χ1n) is 11.7. The summed E-state index contributed by atoms with van der Waals surface area (Å²) in [5, 5.41) is 2.76. The van der Waals surface area contributed by atoms with Gasteiger partial charge in [-0.25, -0.2) is 8.42 Å². The van der Waals surface area contributed by atoms with Gasteiger partial charge in [-0.15, -0.1) is 0 Å². The molecule has 0 fully saturated rings. The maximum absolute atomic E-state index is 13.2. The maximum Gasteiger partial charge on any atom is 0.242 e. The molecule has 0 bridgehead atoms. The molecule has 2 amide bonds. The molecule has 0 spiro atoms. The van der Waals surface area contributed by atoms with Gasteiger partial charge in [-0.1, -0.05) is 30.3 Å². The number of fused-ring (bicyclic) bond motifs is 1.